The number of rotatable bonds is 3. The van der Waals surface area contributed by atoms with Gasteiger partial charge in [-0.05, 0) is 31.2 Å². The summed E-state index contributed by atoms with van der Waals surface area (Å²) in [5, 5.41) is 3.38. The van der Waals surface area contributed by atoms with Crippen LogP contribution in [0.5, 0.6) is 0 Å². The molecule has 0 fully saturated rings. The molecule has 4 aromatic rings. The standard InChI is InChI=1S/C20H14ClN3O3S/c1-11-14(19(26)27-2)9-15-16(22-11)7-8-24(18(15)25)20-23-17(10-28-20)12-3-5-13(21)6-4-12/h3-10H,1-2H3. The molecule has 3 aromatic heterocycles. The van der Waals surface area contributed by atoms with Gasteiger partial charge in [-0.25, -0.2) is 9.78 Å². The summed E-state index contributed by atoms with van der Waals surface area (Å²) in [5.41, 5.74) is 2.65. The Morgan fingerprint density at radius 1 is 1.18 bits per heavy atom. The first-order chi connectivity index (χ1) is 13.5. The van der Waals surface area contributed by atoms with Crippen LogP contribution in [-0.2, 0) is 4.74 Å². The van der Waals surface area contributed by atoms with Gasteiger partial charge in [0.1, 0.15) is 0 Å². The summed E-state index contributed by atoms with van der Waals surface area (Å²) in [6, 6.07) is 10.6. The van der Waals surface area contributed by atoms with Crippen LogP contribution in [0, 0.1) is 6.92 Å². The highest BCUT2D eigenvalue weighted by Crippen LogP contribution is 2.25. The van der Waals surface area contributed by atoms with Crippen molar-refractivity contribution in [3.05, 3.63) is 74.6 Å². The molecule has 4 rings (SSSR count). The fourth-order valence-electron chi connectivity index (χ4n) is 2.86. The van der Waals surface area contributed by atoms with Gasteiger partial charge in [-0.2, -0.15) is 0 Å². The number of ether oxygens (including phenoxy) is 1. The van der Waals surface area contributed by atoms with Gasteiger partial charge >= 0.3 is 5.97 Å². The van der Waals surface area contributed by atoms with E-state index < -0.39 is 5.97 Å². The van der Waals surface area contributed by atoms with E-state index in [1.807, 2.05) is 17.5 Å². The topological polar surface area (TPSA) is 74.1 Å². The fourth-order valence-corrected chi connectivity index (χ4v) is 3.80. The fraction of sp³-hybridized carbons (Fsp3) is 0.100. The lowest BCUT2D eigenvalue weighted by molar-refractivity contribution is 0.0599. The van der Waals surface area contributed by atoms with Crippen molar-refractivity contribution in [2.24, 2.45) is 0 Å². The highest BCUT2D eigenvalue weighted by atomic mass is 35.5. The molecule has 0 aliphatic rings. The van der Waals surface area contributed by atoms with Gasteiger partial charge in [0.2, 0.25) is 0 Å². The summed E-state index contributed by atoms with van der Waals surface area (Å²) in [6.07, 6.45) is 1.64. The summed E-state index contributed by atoms with van der Waals surface area (Å²) in [5.74, 6) is -0.527. The van der Waals surface area contributed by atoms with E-state index in [2.05, 4.69) is 9.97 Å². The normalized spacial score (nSPS) is 11.0. The number of esters is 1. The van der Waals surface area contributed by atoms with Gasteiger partial charge in [-0.1, -0.05) is 23.7 Å². The van der Waals surface area contributed by atoms with Crippen LogP contribution in [0.3, 0.4) is 0 Å². The number of thiazole rings is 1. The second-order valence-electron chi connectivity index (χ2n) is 6.06. The molecule has 28 heavy (non-hydrogen) atoms. The van der Waals surface area contributed by atoms with E-state index in [0.29, 0.717) is 26.8 Å². The molecule has 1 aromatic carbocycles. The van der Waals surface area contributed by atoms with Crippen molar-refractivity contribution in [1.29, 1.82) is 0 Å². The minimum Gasteiger partial charge on any atom is -0.465 e. The molecular formula is C20H14ClN3O3S. The predicted molar refractivity (Wildman–Crippen MR) is 110 cm³/mol. The summed E-state index contributed by atoms with van der Waals surface area (Å²) in [6.45, 7) is 1.70. The molecule has 0 amide bonds. The third kappa shape index (κ3) is 3.19. The Morgan fingerprint density at radius 2 is 1.93 bits per heavy atom. The van der Waals surface area contributed by atoms with Gasteiger partial charge in [0, 0.05) is 22.2 Å². The number of aromatic nitrogens is 3. The SMILES string of the molecule is COC(=O)c1cc2c(=O)n(-c3nc(-c4ccc(Cl)cc4)cs3)ccc2nc1C. The maximum absolute atomic E-state index is 13.0. The predicted octanol–water partition coefficient (Wildman–Crippen LogP) is 4.26. The zero-order valence-electron chi connectivity index (χ0n) is 15.0. The molecule has 0 spiro atoms. The molecule has 0 bridgehead atoms. The molecule has 0 aliphatic heterocycles. The summed E-state index contributed by atoms with van der Waals surface area (Å²) >= 11 is 7.28. The van der Waals surface area contributed by atoms with E-state index in [4.69, 9.17) is 16.3 Å². The van der Waals surface area contributed by atoms with Crippen molar-refractivity contribution in [1.82, 2.24) is 14.5 Å². The van der Waals surface area contributed by atoms with Gasteiger partial charge in [0.05, 0.1) is 35.0 Å². The molecule has 0 atom stereocenters. The van der Waals surface area contributed by atoms with Crippen molar-refractivity contribution >= 4 is 39.8 Å². The smallest absolute Gasteiger partial charge is 0.339 e. The number of carbonyl (C=O) groups excluding carboxylic acids is 1. The number of fused-ring (bicyclic) bond motifs is 1. The van der Waals surface area contributed by atoms with E-state index in [-0.39, 0.29) is 11.1 Å². The third-order valence-corrected chi connectivity index (χ3v) is 5.41. The first-order valence-corrected chi connectivity index (χ1v) is 9.57. The molecule has 0 saturated heterocycles. The van der Waals surface area contributed by atoms with Crippen molar-refractivity contribution in [3.63, 3.8) is 0 Å². The minimum atomic E-state index is -0.527. The number of hydrogen-bond donors (Lipinski definition) is 0. The zero-order chi connectivity index (χ0) is 19.8. The third-order valence-electron chi connectivity index (χ3n) is 4.32. The van der Waals surface area contributed by atoms with Gasteiger partial charge in [0.15, 0.2) is 5.13 Å². The van der Waals surface area contributed by atoms with Gasteiger partial charge in [0.25, 0.3) is 5.56 Å². The summed E-state index contributed by atoms with van der Waals surface area (Å²) in [4.78, 5) is 33.9. The molecule has 6 nitrogen and oxygen atoms in total. The second-order valence-corrected chi connectivity index (χ2v) is 7.33. The Hall–Kier alpha value is -3.03. The van der Waals surface area contributed by atoms with Crippen LogP contribution in [-0.4, -0.2) is 27.6 Å². The lowest BCUT2D eigenvalue weighted by Crippen LogP contribution is -2.19. The van der Waals surface area contributed by atoms with Crippen LogP contribution in [0.4, 0.5) is 0 Å². The molecule has 8 heteroatoms. The van der Waals surface area contributed by atoms with Crippen LogP contribution in [0.15, 0.2) is 52.8 Å². The Labute approximate surface area is 169 Å². The maximum Gasteiger partial charge on any atom is 0.339 e. The Bertz CT molecular complexity index is 1260. The van der Waals surface area contributed by atoms with Crippen molar-refractivity contribution in [3.8, 4) is 16.4 Å². The number of aryl methyl sites for hydroxylation is 1. The van der Waals surface area contributed by atoms with Crippen LogP contribution in [0.2, 0.25) is 5.02 Å². The van der Waals surface area contributed by atoms with E-state index in [1.54, 1.807) is 31.3 Å². The number of hydrogen-bond acceptors (Lipinski definition) is 6. The number of pyridine rings is 2. The molecule has 0 saturated carbocycles. The molecule has 0 radical (unpaired) electrons. The lowest BCUT2D eigenvalue weighted by atomic mass is 10.1. The number of nitrogens with zero attached hydrogens (tertiary/aromatic N) is 3. The molecule has 0 unspecified atom stereocenters. The first kappa shape index (κ1) is 18.3. The zero-order valence-corrected chi connectivity index (χ0v) is 16.5. The Kier molecular flexibility index (Phi) is 4.70. The van der Waals surface area contributed by atoms with E-state index in [0.717, 1.165) is 11.3 Å². The number of carbonyl (C=O) groups is 1. The monoisotopic (exact) mass is 411 g/mol. The molecule has 0 aliphatic carbocycles. The highest BCUT2D eigenvalue weighted by Gasteiger charge is 2.16. The number of methoxy groups -OCH3 is 1. The molecule has 3 heterocycles. The molecule has 0 N–H and O–H groups in total. The van der Waals surface area contributed by atoms with Crippen molar-refractivity contribution < 1.29 is 9.53 Å². The quantitative estimate of drug-likeness (QED) is 0.471. The highest BCUT2D eigenvalue weighted by molar-refractivity contribution is 7.12. The largest absolute Gasteiger partial charge is 0.465 e. The maximum atomic E-state index is 13.0. The number of halogens is 1. The average Bonchev–Trinajstić information content (AvgIpc) is 3.17. The second kappa shape index (κ2) is 7.18. The van der Waals surface area contributed by atoms with Crippen LogP contribution < -0.4 is 5.56 Å². The molecular weight excluding hydrogens is 398 g/mol. The van der Waals surface area contributed by atoms with E-state index in [1.165, 1.54) is 29.1 Å². The van der Waals surface area contributed by atoms with Crippen molar-refractivity contribution in [2.45, 2.75) is 6.92 Å². The summed E-state index contributed by atoms with van der Waals surface area (Å²) in [7, 11) is 1.29. The Balaban J connectivity index is 1.82. The number of benzene rings is 1. The molecule has 140 valence electrons. The van der Waals surface area contributed by atoms with Gasteiger partial charge in [-0.3, -0.25) is 14.3 Å². The average molecular weight is 412 g/mol. The van der Waals surface area contributed by atoms with E-state index >= 15 is 0 Å². The van der Waals surface area contributed by atoms with Gasteiger partial charge < -0.3 is 4.74 Å². The Morgan fingerprint density at radius 3 is 2.64 bits per heavy atom. The first-order valence-electron chi connectivity index (χ1n) is 8.31. The van der Waals surface area contributed by atoms with Crippen LogP contribution in [0.25, 0.3) is 27.3 Å². The lowest BCUT2D eigenvalue weighted by Gasteiger charge is -2.07. The van der Waals surface area contributed by atoms with E-state index in [9.17, 15) is 9.59 Å². The van der Waals surface area contributed by atoms with Crippen molar-refractivity contribution in [2.75, 3.05) is 7.11 Å². The van der Waals surface area contributed by atoms with Crippen LogP contribution in [0.1, 0.15) is 16.1 Å². The minimum absolute atomic E-state index is 0.269. The van der Waals surface area contributed by atoms with Crippen LogP contribution >= 0.6 is 22.9 Å². The summed E-state index contributed by atoms with van der Waals surface area (Å²) < 4.78 is 6.22. The van der Waals surface area contributed by atoms with Gasteiger partial charge in [-0.15, -0.1) is 11.3 Å².